The quantitative estimate of drug-likeness (QED) is 0.624. The minimum absolute atomic E-state index is 0.377. The number of ether oxygens (including phenoxy) is 1. The summed E-state index contributed by atoms with van der Waals surface area (Å²) >= 11 is 0. The zero-order chi connectivity index (χ0) is 14.5. The molecule has 0 amide bonds. The molecule has 0 aromatic heterocycles. The summed E-state index contributed by atoms with van der Waals surface area (Å²) < 4.78 is 5.25. The average molecular weight is 265 g/mol. The summed E-state index contributed by atoms with van der Waals surface area (Å²) in [4.78, 5) is 12.0. The maximum absolute atomic E-state index is 12.0. The molecule has 0 fully saturated rings. The fourth-order valence-corrected chi connectivity index (χ4v) is 1.80. The van der Waals surface area contributed by atoms with Crippen molar-refractivity contribution in [1.29, 1.82) is 5.26 Å². The van der Waals surface area contributed by atoms with Crippen LogP contribution in [-0.4, -0.2) is 5.97 Å². The van der Waals surface area contributed by atoms with Crippen molar-refractivity contribution < 1.29 is 9.53 Å². The first kappa shape index (κ1) is 13.8. The van der Waals surface area contributed by atoms with Gasteiger partial charge in [-0.25, -0.2) is 4.79 Å². The normalized spacial score (nSPS) is 10.1. The van der Waals surface area contributed by atoms with Crippen LogP contribution in [0.25, 0.3) is 0 Å². The predicted molar refractivity (Wildman–Crippen MR) is 76.6 cm³/mol. The zero-order valence-electron chi connectivity index (χ0n) is 11.5. The fourth-order valence-electron chi connectivity index (χ4n) is 1.80. The number of nitriles is 1. The topological polar surface area (TPSA) is 50.1 Å². The lowest BCUT2D eigenvalue weighted by Crippen LogP contribution is -2.08. The molecule has 0 aliphatic heterocycles. The maximum Gasteiger partial charge on any atom is 0.343 e. The Morgan fingerprint density at radius 2 is 1.85 bits per heavy atom. The Hall–Kier alpha value is -2.60. The molecule has 3 nitrogen and oxygen atoms in total. The first-order chi connectivity index (χ1) is 9.60. The number of benzene rings is 2. The molecule has 2 aromatic carbocycles. The van der Waals surface area contributed by atoms with Gasteiger partial charge in [0.2, 0.25) is 0 Å². The lowest BCUT2D eigenvalue weighted by Gasteiger charge is -2.07. The molecule has 0 atom stereocenters. The highest BCUT2D eigenvalue weighted by atomic mass is 16.5. The van der Waals surface area contributed by atoms with E-state index in [1.807, 2.05) is 18.2 Å². The second kappa shape index (κ2) is 6.03. The van der Waals surface area contributed by atoms with Gasteiger partial charge in [0.15, 0.2) is 0 Å². The Labute approximate surface area is 118 Å². The largest absolute Gasteiger partial charge is 0.423 e. The summed E-state index contributed by atoms with van der Waals surface area (Å²) in [5.74, 6) is 0.379. The van der Waals surface area contributed by atoms with Crippen molar-refractivity contribution in [2.75, 3.05) is 0 Å². The molecular formula is C17H15NO2. The molecule has 2 rings (SSSR count). The van der Waals surface area contributed by atoms with Crippen LogP contribution in [0, 0.1) is 11.3 Å². The van der Waals surface area contributed by atoms with E-state index in [1.54, 1.807) is 36.4 Å². The standard InChI is InChI=1S/C17H15NO2/c1-12(2)14-6-8-15(9-7-14)17(19)20-16-5-3-4-13(10-16)11-18/h3-10,12H,1-2H3. The van der Waals surface area contributed by atoms with Gasteiger partial charge < -0.3 is 4.74 Å². The van der Waals surface area contributed by atoms with E-state index in [-0.39, 0.29) is 0 Å². The Bertz CT molecular complexity index is 651. The van der Waals surface area contributed by atoms with Gasteiger partial charge in [-0.1, -0.05) is 32.0 Å². The summed E-state index contributed by atoms with van der Waals surface area (Å²) in [6, 6.07) is 15.9. The van der Waals surface area contributed by atoms with Crippen LogP contribution in [0.5, 0.6) is 5.75 Å². The Kier molecular flexibility index (Phi) is 4.17. The van der Waals surface area contributed by atoms with E-state index < -0.39 is 5.97 Å². The summed E-state index contributed by atoms with van der Waals surface area (Å²) in [6.07, 6.45) is 0. The first-order valence-electron chi connectivity index (χ1n) is 6.42. The van der Waals surface area contributed by atoms with E-state index in [4.69, 9.17) is 10.00 Å². The van der Waals surface area contributed by atoms with E-state index in [1.165, 1.54) is 5.56 Å². The van der Waals surface area contributed by atoms with Gasteiger partial charge in [-0.05, 0) is 41.8 Å². The molecule has 0 saturated heterocycles. The van der Waals surface area contributed by atoms with Crippen LogP contribution in [-0.2, 0) is 0 Å². The van der Waals surface area contributed by atoms with E-state index in [0.717, 1.165) is 0 Å². The van der Waals surface area contributed by atoms with Crippen molar-refractivity contribution in [2.24, 2.45) is 0 Å². The highest BCUT2D eigenvalue weighted by Crippen LogP contribution is 2.17. The highest BCUT2D eigenvalue weighted by Gasteiger charge is 2.09. The highest BCUT2D eigenvalue weighted by molar-refractivity contribution is 5.91. The number of carbonyl (C=O) groups is 1. The monoisotopic (exact) mass is 265 g/mol. The number of hydrogen-bond donors (Lipinski definition) is 0. The van der Waals surface area contributed by atoms with Crippen LogP contribution in [0.15, 0.2) is 48.5 Å². The van der Waals surface area contributed by atoms with Gasteiger partial charge in [0.25, 0.3) is 0 Å². The number of rotatable bonds is 3. The van der Waals surface area contributed by atoms with Gasteiger partial charge in [0, 0.05) is 0 Å². The lowest BCUT2D eigenvalue weighted by molar-refractivity contribution is 0.0734. The van der Waals surface area contributed by atoms with Crippen molar-refractivity contribution >= 4 is 5.97 Å². The molecule has 0 spiro atoms. The van der Waals surface area contributed by atoms with Gasteiger partial charge >= 0.3 is 5.97 Å². The Balaban J connectivity index is 2.13. The third kappa shape index (κ3) is 3.24. The number of esters is 1. The number of nitrogens with zero attached hydrogens (tertiary/aromatic N) is 1. The molecule has 20 heavy (non-hydrogen) atoms. The second-order valence-corrected chi connectivity index (χ2v) is 4.81. The van der Waals surface area contributed by atoms with Crippen molar-refractivity contribution in [2.45, 2.75) is 19.8 Å². The van der Waals surface area contributed by atoms with E-state index in [9.17, 15) is 4.79 Å². The van der Waals surface area contributed by atoms with Gasteiger partial charge in [-0.2, -0.15) is 5.26 Å². The van der Waals surface area contributed by atoms with Gasteiger partial charge in [-0.15, -0.1) is 0 Å². The third-order valence-electron chi connectivity index (χ3n) is 2.99. The zero-order valence-corrected chi connectivity index (χ0v) is 11.5. The van der Waals surface area contributed by atoms with Crippen LogP contribution in [0.1, 0.15) is 41.3 Å². The van der Waals surface area contributed by atoms with Crippen molar-refractivity contribution in [3.8, 4) is 11.8 Å². The van der Waals surface area contributed by atoms with E-state index in [2.05, 4.69) is 13.8 Å². The van der Waals surface area contributed by atoms with Crippen LogP contribution in [0.2, 0.25) is 0 Å². The Morgan fingerprint density at radius 3 is 2.45 bits per heavy atom. The molecule has 0 saturated carbocycles. The summed E-state index contributed by atoms with van der Waals surface area (Å²) in [7, 11) is 0. The molecule has 3 heteroatoms. The predicted octanol–water partition coefficient (Wildman–Crippen LogP) is 3.90. The van der Waals surface area contributed by atoms with Gasteiger partial charge in [0.1, 0.15) is 5.75 Å². The molecule has 0 radical (unpaired) electrons. The van der Waals surface area contributed by atoms with Crippen LogP contribution >= 0.6 is 0 Å². The minimum Gasteiger partial charge on any atom is -0.423 e. The van der Waals surface area contributed by atoms with Crippen molar-refractivity contribution in [3.63, 3.8) is 0 Å². The number of hydrogen-bond acceptors (Lipinski definition) is 3. The molecule has 100 valence electrons. The molecule has 0 aliphatic carbocycles. The SMILES string of the molecule is CC(C)c1ccc(C(=O)Oc2cccc(C#N)c2)cc1. The summed E-state index contributed by atoms with van der Waals surface area (Å²) in [5, 5.41) is 8.81. The average Bonchev–Trinajstić information content (AvgIpc) is 2.47. The summed E-state index contributed by atoms with van der Waals surface area (Å²) in [5.41, 5.74) is 2.13. The lowest BCUT2D eigenvalue weighted by atomic mass is 10.0. The van der Waals surface area contributed by atoms with E-state index >= 15 is 0 Å². The Morgan fingerprint density at radius 1 is 1.15 bits per heavy atom. The minimum atomic E-state index is -0.421. The van der Waals surface area contributed by atoms with Crippen LogP contribution in [0.4, 0.5) is 0 Å². The van der Waals surface area contributed by atoms with Gasteiger partial charge in [-0.3, -0.25) is 0 Å². The fraction of sp³-hybridized carbons (Fsp3) is 0.176. The van der Waals surface area contributed by atoms with Crippen molar-refractivity contribution in [3.05, 3.63) is 65.2 Å². The van der Waals surface area contributed by atoms with Gasteiger partial charge in [0.05, 0.1) is 17.2 Å². The molecule has 0 unspecified atom stereocenters. The molecule has 0 N–H and O–H groups in total. The third-order valence-corrected chi connectivity index (χ3v) is 2.99. The van der Waals surface area contributed by atoms with Crippen molar-refractivity contribution in [1.82, 2.24) is 0 Å². The second-order valence-electron chi connectivity index (χ2n) is 4.81. The molecular weight excluding hydrogens is 250 g/mol. The maximum atomic E-state index is 12.0. The van der Waals surface area contributed by atoms with Crippen LogP contribution in [0.3, 0.4) is 0 Å². The molecule has 0 aliphatic rings. The smallest absolute Gasteiger partial charge is 0.343 e. The molecule has 0 bridgehead atoms. The summed E-state index contributed by atoms with van der Waals surface area (Å²) in [6.45, 7) is 4.20. The van der Waals surface area contributed by atoms with E-state index in [0.29, 0.717) is 22.8 Å². The first-order valence-corrected chi connectivity index (χ1v) is 6.42. The molecule has 0 heterocycles. The molecule has 2 aromatic rings. The number of carbonyl (C=O) groups excluding carboxylic acids is 1. The van der Waals surface area contributed by atoms with Crippen LogP contribution < -0.4 is 4.74 Å².